The molecule has 0 saturated carbocycles. The van der Waals surface area contributed by atoms with Crippen LogP contribution in [-0.2, 0) is 0 Å². The third kappa shape index (κ3) is 4.00. The van der Waals surface area contributed by atoms with E-state index in [9.17, 15) is 9.59 Å². The molecule has 0 saturated heterocycles. The SMILES string of the molecule is Cc1ccc(-c2ccc(C)c(C(=O)O)c2)cc1C(=O)O.Cl.Cl. The molecule has 22 heavy (non-hydrogen) atoms. The summed E-state index contributed by atoms with van der Waals surface area (Å²) in [7, 11) is 0. The van der Waals surface area contributed by atoms with Crippen LogP contribution in [0.5, 0.6) is 0 Å². The van der Waals surface area contributed by atoms with Gasteiger partial charge in [-0.05, 0) is 48.2 Å². The number of aromatic carboxylic acids is 2. The maximum atomic E-state index is 11.1. The highest BCUT2D eigenvalue weighted by molar-refractivity contribution is 5.93. The van der Waals surface area contributed by atoms with Gasteiger partial charge < -0.3 is 10.2 Å². The summed E-state index contributed by atoms with van der Waals surface area (Å²) in [4.78, 5) is 22.3. The van der Waals surface area contributed by atoms with Crippen LogP contribution in [0.25, 0.3) is 11.1 Å². The number of halogens is 2. The van der Waals surface area contributed by atoms with Crippen molar-refractivity contribution in [3.05, 3.63) is 58.7 Å². The summed E-state index contributed by atoms with van der Waals surface area (Å²) in [5.74, 6) is -1.98. The molecular weight excluding hydrogens is 327 g/mol. The maximum absolute atomic E-state index is 11.1. The molecule has 0 bridgehead atoms. The van der Waals surface area contributed by atoms with Crippen molar-refractivity contribution >= 4 is 36.8 Å². The second-order valence-electron chi connectivity index (χ2n) is 4.67. The second-order valence-corrected chi connectivity index (χ2v) is 4.67. The van der Waals surface area contributed by atoms with E-state index >= 15 is 0 Å². The second kappa shape index (κ2) is 7.82. The summed E-state index contributed by atoms with van der Waals surface area (Å²) >= 11 is 0. The van der Waals surface area contributed by atoms with Gasteiger partial charge in [-0.3, -0.25) is 0 Å². The molecule has 2 aromatic carbocycles. The van der Waals surface area contributed by atoms with Gasteiger partial charge in [0.05, 0.1) is 11.1 Å². The topological polar surface area (TPSA) is 74.6 Å². The lowest BCUT2D eigenvalue weighted by molar-refractivity contribution is 0.0685. The zero-order valence-electron chi connectivity index (χ0n) is 12.0. The Morgan fingerprint density at radius 3 is 1.32 bits per heavy atom. The smallest absolute Gasteiger partial charge is 0.335 e. The Bertz CT molecular complexity index is 650. The molecule has 0 radical (unpaired) electrons. The van der Waals surface area contributed by atoms with Gasteiger partial charge in [-0.25, -0.2) is 9.59 Å². The predicted molar refractivity (Wildman–Crippen MR) is 89.8 cm³/mol. The summed E-state index contributed by atoms with van der Waals surface area (Å²) in [6.07, 6.45) is 0. The first-order chi connectivity index (χ1) is 9.40. The first-order valence-corrected chi connectivity index (χ1v) is 6.08. The Hall–Kier alpha value is -2.04. The molecule has 0 aliphatic rings. The highest BCUT2D eigenvalue weighted by Gasteiger charge is 2.12. The van der Waals surface area contributed by atoms with E-state index in [2.05, 4.69) is 0 Å². The summed E-state index contributed by atoms with van der Waals surface area (Å²) in [6.45, 7) is 3.45. The Morgan fingerprint density at radius 2 is 1.05 bits per heavy atom. The van der Waals surface area contributed by atoms with Gasteiger partial charge in [0.2, 0.25) is 0 Å². The van der Waals surface area contributed by atoms with Gasteiger partial charge in [-0.15, -0.1) is 24.8 Å². The van der Waals surface area contributed by atoms with E-state index in [0.717, 1.165) is 0 Å². The average molecular weight is 343 g/mol. The molecule has 6 heteroatoms. The minimum atomic E-state index is -0.991. The highest BCUT2D eigenvalue weighted by Crippen LogP contribution is 2.25. The number of carbonyl (C=O) groups is 2. The average Bonchev–Trinajstić information content (AvgIpc) is 2.39. The summed E-state index contributed by atoms with van der Waals surface area (Å²) in [5, 5.41) is 18.3. The van der Waals surface area contributed by atoms with E-state index in [4.69, 9.17) is 10.2 Å². The molecule has 2 N–H and O–H groups in total. The predicted octanol–water partition coefficient (Wildman–Crippen LogP) is 4.21. The van der Waals surface area contributed by atoms with Crippen molar-refractivity contribution in [3.8, 4) is 11.1 Å². The zero-order valence-corrected chi connectivity index (χ0v) is 13.6. The van der Waals surface area contributed by atoms with Crippen molar-refractivity contribution in [1.29, 1.82) is 0 Å². The maximum Gasteiger partial charge on any atom is 0.335 e. The number of rotatable bonds is 3. The van der Waals surface area contributed by atoms with E-state index in [0.29, 0.717) is 22.3 Å². The number of hydrogen-bond donors (Lipinski definition) is 2. The monoisotopic (exact) mass is 342 g/mol. The van der Waals surface area contributed by atoms with Gasteiger partial charge in [-0.1, -0.05) is 24.3 Å². The van der Waals surface area contributed by atoms with E-state index in [1.54, 1.807) is 50.2 Å². The van der Waals surface area contributed by atoms with Crippen molar-refractivity contribution in [3.63, 3.8) is 0 Å². The van der Waals surface area contributed by atoms with Gasteiger partial charge in [0, 0.05) is 0 Å². The lowest BCUT2D eigenvalue weighted by Crippen LogP contribution is -2.01. The Kier molecular flexibility index (Phi) is 7.10. The number of carboxylic acids is 2. The van der Waals surface area contributed by atoms with E-state index in [-0.39, 0.29) is 35.9 Å². The largest absolute Gasteiger partial charge is 0.478 e. The Morgan fingerprint density at radius 1 is 0.727 bits per heavy atom. The number of carboxylic acid groups (broad SMARTS) is 2. The summed E-state index contributed by atoms with van der Waals surface area (Å²) in [5.41, 5.74) is 3.17. The van der Waals surface area contributed by atoms with Crippen molar-refractivity contribution in [2.24, 2.45) is 0 Å². The molecule has 2 rings (SSSR count). The molecule has 2 aromatic rings. The van der Waals surface area contributed by atoms with Gasteiger partial charge in [0.1, 0.15) is 0 Å². The van der Waals surface area contributed by atoms with Crippen LogP contribution in [0, 0.1) is 13.8 Å². The normalized spacial score (nSPS) is 9.36. The molecule has 0 aromatic heterocycles. The van der Waals surface area contributed by atoms with Gasteiger partial charge in [0.25, 0.3) is 0 Å². The van der Waals surface area contributed by atoms with E-state index in [1.165, 1.54) is 0 Å². The number of aryl methyl sites for hydroxylation is 2. The van der Waals surface area contributed by atoms with Crippen LogP contribution in [0.1, 0.15) is 31.8 Å². The molecule has 0 atom stereocenters. The van der Waals surface area contributed by atoms with Crippen LogP contribution in [-0.4, -0.2) is 22.2 Å². The molecule has 118 valence electrons. The quantitative estimate of drug-likeness (QED) is 0.875. The fourth-order valence-corrected chi connectivity index (χ4v) is 2.06. The molecular formula is C16H16Cl2O4. The summed E-state index contributed by atoms with van der Waals surface area (Å²) < 4.78 is 0. The highest BCUT2D eigenvalue weighted by atomic mass is 35.5. The van der Waals surface area contributed by atoms with E-state index < -0.39 is 11.9 Å². The molecule has 0 aliphatic carbocycles. The number of benzene rings is 2. The van der Waals surface area contributed by atoms with Crippen molar-refractivity contribution in [2.45, 2.75) is 13.8 Å². The van der Waals surface area contributed by atoms with Gasteiger partial charge in [-0.2, -0.15) is 0 Å². The zero-order chi connectivity index (χ0) is 14.9. The molecule has 0 spiro atoms. The third-order valence-corrected chi connectivity index (χ3v) is 3.27. The molecule has 4 nitrogen and oxygen atoms in total. The summed E-state index contributed by atoms with van der Waals surface area (Å²) in [6, 6.07) is 10.1. The molecule has 0 unspecified atom stereocenters. The lowest BCUT2D eigenvalue weighted by atomic mass is 9.96. The van der Waals surface area contributed by atoms with Crippen molar-refractivity contribution < 1.29 is 19.8 Å². The van der Waals surface area contributed by atoms with Crippen LogP contribution in [0.2, 0.25) is 0 Å². The molecule has 0 amide bonds. The van der Waals surface area contributed by atoms with Crippen LogP contribution >= 0.6 is 24.8 Å². The van der Waals surface area contributed by atoms with Gasteiger partial charge >= 0.3 is 11.9 Å². The first-order valence-electron chi connectivity index (χ1n) is 6.08. The van der Waals surface area contributed by atoms with Crippen LogP contribution in [0.15, 0.2) is 36.4 Å². The van der Waals surface area contributed by atoms with Crippen molar-refractivity contribution in [1.82, 2.24) is 0 Å². The van der Waals surface area contributed by atoms with Gasteiger partial charge in [0.15, 0.2) is 0 Å². The van der Waals surface area contributed by atoms with Crippen LogP contribution in [0.3, 0.4) is 0 Å². The minimum absolute atomic E-state index is 0. The van der Waals surface area contributed by atoms with Crippen LogP contribution in [0.4, 0.5) is 0 Å². The Balaban J connectivity index is 0.00000220. The fourth-order valence-electron chi connectivity index (χ4n) is 2.06. The molecule has 0 fully saturated rings. The minimum Gasteiger partial charge on any atom is -0.478 e. The number of hydrogen-bond acceptors (Lipinski definition) is 2. The van der Waals surface area contributed by atoms with E-state index in [1.807, 2.05) is 0 Å². The molecule has 0 aliphatic heterocycles. The fraction of sp³-hybridized carbons (Fsp3) is 0.125. The standard InChI is InChI=1S/C16H14O4.2ClH/c1-9-3-5-11(7-13(9)15(17)18)12-6-4-10(2)14(8-12)16(19)20;;/h3-8H,1-2H3,(H,17,18)(H,19,20);2*1H. The van der Waals surface area contributed by atoms with Crippen LogP contribution < -0.4 is 0 Å². The Labute approximate surface area is 140 Å². The third-order valence-electron chi connectivity index (χ3n) is 3.27. The van der Waals surface area contributed by atoms with Crippen molar-refractivity contribution in [2.75, 3.05) is 0 Å². The first kappa shape index (κ1) is 20.0. The lowest BCUT2D eigenvalue weighted by Gasteiger charge is -2.08. The molecule has 0 heterocycles.